The molecule has 0 spiro atoms. The third kappa shape index (κ3) is 5.69. The molecular weight excluding hydrogens is 464 g/mol. The first-order chi connectivity index (χ1) is 16.7. The van der Waals surface area contributed by atoms with Crippen molar-refractivity contribution in [2.24, 2.45) is 0 Å². The number of benzene rings is 2. The predicted molar refractivity (Wildman–Crippen MR) is 134 cm³/mol. The zero-order chi connectivity index (χ0) is 25.1. The summed E-state index contributed by atoms with van der Waals surface area (Å²) < 4.78 is 31.5. The summed E-state index contributed by atoms with van der Waals surface area (Å²) in [6, 6.07) is 13.0. The second-order valence-corrected chi connectivity index (χ2v) is 12.0. The summed E-state index contributed by atoms with van der Waals surface area (Å²) >= 11 is 0. The molecule has 8 heteroatoms. The summed E-state index contributed by atoms with van der Waals surface area (Å²) in [6.45, 7) is 3.97. The maximum Gasteiger partial charge on any atom is 0.258 e. The van der Waals surface area contributed by atoms with Crippen LogP contribution in [0.4, 0.5) is 0 Å². The van der Waals surface area contributed by atoms with E-state index in [9.17, 15) is 18.0 Å². The quantitative estimate of drug-likeness (QED) is 0.523. The Kier molecular flexibility index (Phi) is 7.50. The smallest absolute Gasteiger partial charge is 0.258 e. The first-order valence-electron chi connectivity index (χ1n) is 12.3. The Morgan fingerprint density at radius 3 is 2.37 bits per heavy atom. The minimum Gasteiger partial charge on any atom is -0.484 e. The Bertz CT molecular complexity index is 1180. The fraction of sp³-hybridized carbons (Fsp3) is 0.481. The van der Waals surface area contributed by atoms with Crippen LogP contribution in [0.3, 0.4) is 0 Å². The van der Waals surface area contributed by atoms with Gasteiger partial charge in [-0.3, -0.25) is 9.59 Å². The second kappa shape index (κ2) is 10.4. The van der Waals surface area contributed by atoms with E-state index in [-0.39, 0.29) is 17.4 Å². The lowest BCUT2D eigenvalue weighted by molar-refractivity contribution is -0.124. The molecule has 2 fully saturated rings. The van der Waals surface area contributed by atoms with Gasteiger partial charge in [-0.25, -0.2) is 8.42 Å². The molecule has 4 rings (SSSR count). The van der Waals surface area contributed by atoms with Crippen molar-refractivity contribution >= 4 is 21.7 Å². The van der Waals surface area contributed by atoms with Gasteiger partial charge < -0.3 is 15.4 Å². The van der Waals surface area contributed by atoms with E-state index < -0.39 is 20.5 Å². The molecular formula is C27H34N2O5S. The van der Waals surface area contributed by atoms with Crippen molar-refractivity contribution in [2.45, 2.75) is 74.5 Å². The largest absolute Gasteiger partial charge is 0.484 e. The molecule has 2 aliphatic rings. The van der Waals surface area contributed by atoms with Gasteiger partial charge in [0.15, 0.2) is 21.2 Å². The highest BCUT2D eigenvalue weighted by Gasteiger charge is 2.53. The van der Waals surface area contributed by atoms with Crippen molar-refractivity contribution in [3.63, 3.8) is 0 Å². The minimum atomic E-state index is -3.83. The number of amides is 2. The molecule has 0 aliphatic heterocycles. The number of ether oxygens (including phenoxy) is 1. The van der Waals surface area contributed by atoms with E-state index in [0.29, 0.717) is 43.2 Å². The van der Waals surface area contributed by atoms with Crippen LogP contribution in [-0.2, 0) is 25.8 Å². The van der Waals surface area contributed by atoms with E-state index in [2.05, 4.69) is 10.6 Å². The number of sulfone groups is 1. The van der Waals surface area contributed by atoms with Gasteiger partial charge in [-0.1, -0.05) is 37.1 Å². The minimum absolute atomic E-state index is 0.0110. The van der Waals surface area contributed by atoms with Crippen molar-refractivity contribution in [3.05, 3.63) is 59.2 Å². The van der Waals surface area contributed by atoms with Crippen LogP contribution in [-0.4, -0.2) is 44.2 Å². The van der Waals surface area contributed by atoms with E-state index in [4.69, 9.17) is 4.74 Å². The van der Waals surface area contributed by atoms with E-state index in [0.717, 1.165) is 36.8 Å². The number of carbonyl (C=O) groups is 2. The Morgan fingerprint density at radius 1 is 1.03 bits per heavy atom. The fourth-order valence-corrected chi connectivity index (χ4v) is 7.05. The highest BCUT2D eigenvalue weighted by atomic mass is 32.2. The first-order valence-corrected chi connectivity index (χ1v) is 13.8. The maximum absolute atomic E-state index is 13.7. The summed E-state index contributed by atoms with van der Waals surface area (Å²) in [5.74, 6) is 0.0849. The van der Waals surface area contributed by atoms with Gasteiger partial charge in [-0.15, -0.1) is 0 Å². The third-order valence-electron chi connectivity index (χ3n) is 6.91. The third-order valence-corrected chi connectivity index (χ3v) is 9.55. The standard InChI is InChI=1S/C27H34N2O5S/c1-19-5-6-20(2)24(17-19)35(32,33)27(14-3-4-15-27)26(31)28-16-13-21-7-11-23(12-8-21)34-18-25(30)29-22-9-10-22/h5-8,11-12,17,22H,3-4,9-10,13-16,18H2,1-2H3,(H,28,31)(H,29,30). The Labute approximate surface area is 207 Å². The van der Waals surface area contributed by atoms with E-state index >= 15 is 0 Å². The van der Waals surface area contributed by atoms with Crippen molar-refractivity contribution < 1.29 is 22.7 Å². The lowest BCUT2D eigenvalue weighted by Crippen LogP contribution is -2.51. The monoisotopic (exact) mass is 498 g/mol. The number of carbonyl (C=O) groups excluding carboxylic acids is 2. The zero-order valence-electron chi connectivity index (χ0n) is 20.4. The number of rotatable bonds is 10. The SMILES string of the molecule is Cc1ccc(C)c(S(=O)(=O)C2(C(=O)NCCc3ccc(OCC(=O)NC4CC4)cc3)CCCC2)c1. The molecule has 2 aromatic carbocycles. The van der Waals surface area contributed by atoms with Crippen LogP contribution in [0.1, 0.15) is 55.2 Å². The van der Waals surface area contributed by atoms with Gasteiger partial charge in [0, 0.05) is 12.6 Å². The molecule has 0 unspecified atom stereocenters. The van der Waals surface area contributed by atoms with Gasteiger partial charge in [0.25, 0.3) is 5.91 Å². The highest BCUT2D eigenvalue weighted by Crippen LogP contribution is 2.41. The van der Waals surface area contributed by atoms with Crippen LogP contribution in [0.5, 0.6) is 5.75 Å². The zero-order valence-corrected chi connectivity index (χ0v) is 21.2. The topological polar surface area (TPSA) is 102 Å². The molecule has 2 aromatic rings. The van der Waals surface area contributed by atoms with E-state index in [1.54, 1.807) is 31.2 Å². The molecule has 0 aromatic heterocycles. The molecule has 0 saturated heterocycles. The van der Waals surface area contributed by atoms with Gasteiger partial charge >= 0.3 is 0 Å². The van der Waals surface area contributed by atoms with E-state index in [1.165, 1.54) is 0 Å². The van der Waals surface area contributed by atoms with Crippen LogP contribution < -0.4 is 15.4 Å². The summed E-state index contributed by atoms with van der Waals surface area (Å²) in [6.07, 6.45) is 4.76. The Morgan fingerprint density at radius 2 is 1.71 bits per heavy atom. The average molecular weight is 499 g/mol. The molecule has 0 bridgehead atoms. The lowest BCUT2D eigenvalue weighted by atomic mass is 10.1. The van der Waals surface area contributed by atoms with Crippen molar-refractivity contribution in [2.75, 3.05) is 13.2 Å². The van der Waals surface area contributed by atoms with Crippen molar-refractivity contribution in [1.29, 1.82) is 0 Å². The Balaban J connectivity index is 1.35. The fourth-order valence-electron chi connectivity index (χ4n) is 4.65. The summed E-state index contributed by atoms with van der Waals surface area (Å²) in [7, 11) is -3.83. The molecule has 2 amide bonds. The molecule has 2 aliphatic carbocycles. The molecule has 7 nitrogen and oxygen atoms in total. The molecule has 0 heterocycles. The predicted octanol–water partition coefficient (Wildman–Crippen LogP) is 3.41. The molecule has 0 atom stereocenters. The van der Waals surface area contributed by atoms with Crippen LogP contribution >= 0.6 is 0 Å². The van der Waals surface area contributed by atoms with Crippen LogP contribution in [0.15, 0.2) is 47.4 Å². The van der Waals surface area contributed by atoms with Crippen LogP contribution in [0.25, 0.3) is 0 Å². The van der Waals surface area contributed by atoms with Gasteiger partial charge in [0.2, 0.25) is 5.91 Å². The lowest BCUT2D eigenvalue weighted by Gasteiger charge is -2.28. The van der Waals surface area contributed by atoms with Gasteiger partial charge in [0.05, 0.1) is 4.90 Å². The van der Waals surface area contributed by atoms with Crippen LogP contribution in [0.2, 0.25) is 0 Å². The normalized spacial score (nSPS) is 17.1. The number of hydrogen-bond acceptors (Lipinski definition) is 5. The summed E-state index contributed by atoms with van der Waals surface area (Å²) in [5.41, 5.74) is 2.51. The van der Waals surface area contributed by atoms with Gasteiger partial charge in [-0.2, -0.15) is 0 Å². The average Bonchev–Trinajstić information content (AvgIpc) is 3.49. The van der Waals surface area contributed by atoms with Crippen molar-refractivity contribution in [3.8, 4) is 5.75 Å². The number of nitrogens with one attached hydrogen (secondary N) is 2. The number of aryl methyl sites for hydroxylation is 2. The highest BCUT2D eigenvalue weighted by molar-refractivity contribution is 7.93. The number of hydrogen-bond donors (Lipinski definition) is 2. The molecule has 188 valence electrons. The van der Waals surface area contributed by atoms with Crippen LogP contribution in [0, 0.1) is 13.8 Å². The molecule has 2 N–H and O–H groups in total. The molecule has 2 saturated carbocycles. The second-order valence-electron chi connectivity index (χ2n) is 9.75. The van der Waals surface area contributed by atoms with E-state index in [1.807, 2.05) is 25.1 Å². The van der Waals surface area contributed by atoms with Gasteiger partial charge in [-0.05, 0) is 80.8 Å². The summed E-state index contributed by atoms with van der Waals surface area (Å²) in [5, 5.41) is 5.78. The first kappa shape index (κ1) is 25.2. The van der Waals surface area contributed by atoms with Gasteiger partial charge in [0.1, 0.15) is 5.75 Å². The Hall–Kier alpha value is -2.87. The van der Waals surface area contributed by atoms with Crippen molar-refractivity contribution in [1.82, 2.24) is 10.6 Å². The maximum atomic E-state index is 13.7. The molecule has 35 heavy (non-hydrogen) atoms. The summed E-state index contributed by atoms with van der Waals surface area (Å²) in [4.78, 5) is 25.3. The molecule has 0 radical (unpaired) electrons.